The molecule has 0 aromatic heterocycles. The van der Waals surface area contributed by atoms with Gasteiger partial charge >= 0.3 is 0 Å². The average Bonchev–Trinajstić information content (AvgIpc) is 3.32. The molecule has 0 spiro atoms. The van der Waals surface area contributed by atoms with E-state index in [0.717, 1.165) is 12.8 Å². The number of benzene rings is 1. The second kappa shape index (κ2) is 6.67. The number of carbonyl (C=O) groups is 2. The Morgan fingerprint density at radius 3 is 2.45 bits per heavy atom. The van der Waals surface area contributed by atoms with Gasteiger partial charge in [0.2, 0.25) is 5.91 Å². The third-order valence-corrected chi connectivity index (χ3v) is 4.41. The highest BCUT2D eigenvalue weighted by Crippen LogP contribution is 2.38. The molecule has 5 nitrogen and oxygen atoms in total. The lowest BCUT2D eigenvalue weighted by Crippen LogP contribution is -2.57. The van der Waals surface area contributed by atoms with Gasteiger partial charge in [-0.25, -0.2) is 0 Å². The summed E-state index contributed by atoms with van der Waals surface area (Å²) >= 11 is 5.79. The highest BCUT2D eigenvalue weighted by atomic mass is 35.5. The van der Waals surface area contributed by atoms with Crippen LogP contribution in [0.2, 0.25) is 5.02 Å². The monoisotopic (exact) mass is 323 g/mol. The van der Waals surface area contributed by atoms with Crippen LogP contribution in [0.4, 0.5) is 0 Å². The first-order valence-electron chi connectivity index (χ1n) is 7.44. The van der Waals surface area contributed by atoms with E-state index in [1.54, 1.807) is 31.2 Å². The van der Waals surface area contributed by atoms with Crippen molar-refractivity contribution in [2.24, 2.45) is 11.7 Å². The quantitative estimate of drug-likeness (QED) is 0.745. The first-order chi connectivity index (χ1) is 10.4. The number of nitrogens with two attached hydrogens (primary N) is 1. The minimum Gasteiger partial charge on any atom is -0.348 e. The number of hydrogen-bond donors (Lipinski definition) is 3. The largest absolute Gasteiger partial charge is 0.348 e. The summed E-state index contributed by atoms with van der Waals surface area (Å²) in [5.74, 6) is -0.0945. The zero-order chi connectivity index (χ0) is 16.3. The van der Waals surface area contributed by atoms with Crippen molar-refractivity contribution in [3.63, 3.8) is 0 Å². The van der Waals surface area contributed by atoms with Crippen LogP contribution >= 0.6 is 11.6 Å². The van der Waals surface area contributed by atoms with Crippen molar-refractivity contribution in [1.29, 1.82) is 0 Å². The summed E-state index contributed by atoms with van der Waals surface area (Å²) in [6.07, 6.45) is 2.17. The van der Waals surface area contributed by atoms with Crippen LogP contribution in [0.15, 0.2) is 24.3 Å². The molecule has 1 aliphatic carbocycles. The van der Waals surface area contributed by atoms with Crippen LogP contribution in [0.25, 0.3) is 0 Å². The van der Waals surface area contributed by atoms with E-state index in [2.05, 4.69) is 10.6 Å². The topological polar surface area (TPSA) is 84.2 Å². The Labute approximate surface area is 135 Å². The van der Waals surface area contributed by atoms with Crippen molar-refractivity contribution < 1.29 is 9.59 Å². The maximum absolute atomic E-state index is 12.3. The van der Waals surface area contributed by atoms with Gasteiger partial charge in [0, 0.05) is 17.1 Å². The van der Waals surface area contributed by atoms with Crippen molar-refractivity contribution in [1.82, 2.24) is 10.6 Å². The Bertz CT molecular complexity index is 557. The predicted molar refractivity (Wildman–Crippen MR) is 86.7 cm³/mol. The molecule has 4 N–H and O–H groups in total. The maximum atomic E-state index is 12.3. The summed E-state index contributed by atoms with van der Waals surface area (Å²) in [6, 6.07) is 5.89. The maximum Gasteiger partial charge on any atom is 0.251 e. The highest BCUT2D eigenvalue weighted by molar-refractivity contribution is 6.30. The molecule has 0 radical (unpaired) electrons. The minimum absolute atomic E-state index is 0.220. The Balaban J connectivity index is 1.93. The third kappa shape index (κ3) is 3.99. The number of carbonyl (C=O) groups excluding carboxylic acids is 2. The fourth-order valence-electron chi connectivity index (χ4n) is 2.38. The normalized spacial score (nSPS) is 18.2. The smallest absolute Gasteiger partial charge is 0.251 e. The van der Waals surface area contributed by atoms with Crippen molar-refractivity contribution in [2.75, 3.05) is 6.54 Å². The molecule has 1 aromatic rings. The third-order valence-electron chi connectivity index (χ3n) is 4.16. The lowest BCUT2D eigenvalue weighted by atomic mass is 9.95. The Hall–Kier alpha value is -1.59. The van der Waals surface area contributed by atoms with Gasteiger partial charge in [0.1, 0.15) is 6.04 Å². The molecular weight excluding hydrogens is 302 g/mol. The molecule has 2 rings (SSSR count). The van der Waals surface area contributed by atoms with Gasteiger partial charge in [-0.2, -0.15) is 0 Å². The average molecular weight is 324 g/mol. The molecule has 1 fully saturated rings. The summed E-state index contributed by atoms with van der Waals surface area (Å²) in [5, 5.41) is 6.22. The van der Waals surface area contributed by atoms with E-state index in [-0.39, 0.29) is 11.8 Å². The van der Waals surface area contributed by atoms with Crippen LogP contribution < -0.4 is 16.4 Å². The van der Waals surface area contributed by atoms with E-state index in [4.69, 9.17) is 17.3 Å². The van der Waals surface area contributed by atoms with Gasteiger partial charge < -0.3 is 16.4 Å². The molecule has 120 valence electrons. The molecule has 2 amide bonds. The van der Waals surface area contributed by atoms with Crippen molar-refractivity contribution in [3.05, 3.63) is 34.9 Å². The van der Waals surface area contributed by atoms with Gasteiger partial charge in [-0.3, -0.25) is 9.59 Å². The van der Waals surface area contributed by atoms with Crippen LogP contribution in [0, 0.1) is 5.92 Å². The molecule has 1 aromatic carbocycles. The zero-order valence-electron chi connectivity index (χ0n) is 12.9. The van der Waals surface area contributed by atoms with E-state index in [1.807, 2.05) is 6.92 Å². The number of amides is 2. The van der Waals surface area contributed by atoms with Crippen molar-refractivity contribution in [2.45, 2.75) is 38.3 Å². The van der Waals surface area contributed by atoms with Gasteiger partial charge in [-0.1, -0.05) is 11.6 Å². The van der Waals surface area contributed by atoms with Crippen molar-refractivity contribution >= 4 is 23.4 Å². The van der Waals surface area contributed by atoms with Crippen LogP contribution in [-0.2, 0) is 4.79 Å². The van der Waals surface area contributed by atoms with E-state index >= 15 is 0 Å². The van der Waals surface area contributed by atoms with Crippen molar-refractivity contribution in [3.8, 4) is 0 Å². The Morgan fingerprint density at radius 1 is 1.36 bits per heavy atom. The molecule has 22 heavy (non-hydrogen) atoms. The van der Waals surface area contributed by atoms with E-state index in [0.29, 0.717) is 23.0 Å². The molecule has 2 atom stereocenters. The van der Waals surface area contributed by atoms with Crippen LogP contribution in [0.3, 0.4) is 0 Å². The first kappa shape index (κ1) is 16.8. The fourth-order valence-corrected chi connectivity index (χ4v) is 2.50. The van der Waals surface area contributed by atoms with Gasteiger partial charge in [-0.05, 0) is 56.9 Å². The lowest BCUT2D eigenvalue weighted by Gasteiger charge is -2.31. The van der Waals surface area contributed by atoms with Crippen LogP contribution in [-0.4, -0.2) is 29.9 Å². The molecule has 0 aliphatic heterocycles. The Kier molecular flexibility index (Phi) is 5.08. The fraction of sp³-hybridized carbons (Fsp3) is 0.500. The summed E-state index contributed by atoms with van der Waals surface area (Å²) < 4.78 is 0. The Morgan fingerprint density at radius 2 is 1.95 bits per heavy atom. The summed E-state index contributed by atoms with van der Waals surface area (Å²) in [7, 11) is 0. The summed E-state index contributed by atoms with van der Waals surface area (Å²) in [6.45, 7) is 4.00. The summed E-state index contributed by atoms with van der Waals surface area (Å²) in [5.41, 5.74) is 5.86. The predicted octanol–water partition coefficient (Wildman–Crippen LogP) is 1.70. The lowest BCUT2D eigenvalue weighted by molar-refractivity contribution is -0.124. The van der Waals surface area contributed by atoms with Crippen LogP contribution in [0.1, 0.15) is 37.0 Å². The van der Waals surface area contributed by atoms with Gasteiger partial charge in [0.05, 0.1) is 5.54 Å². The minimum atomic E-state index is -0.632. The molecule has 0 bridgehead atoms. The molecule has 2 unspecified atom stereocenters. The number of halogens is 1. The standard InChI is InChI=1S/C16H22ClN3O2/c1-10(14(21)20-16(2,9-18)12-5-6-12)19-15(22)11-3-7-13(17)8-4-11/h3-4,7-8,10,12H,5-6,9,18H2,1-2H3,(H,19,22)(H,20,21). The van der Waals surface area contributed by atoms with E-state index < -0.39 is 11.6 Å². The second-order valence-corrected chi connectivity index (χ2v) is 6.52. The SMILES string of the molecule is CC(NC(=O)c1ccc(Cl)cc1)C(=O)NC(C)(CN)C1CC1. The first-order valence-corrected chi connectivity index (χ1v) is 7.82. The van der Waals surface area contributed by atoms with Gasteiger partial charge in [0.15, 0.2) is 0 Å². The molecule has 1 saturated carbocycles. The second-order valence-electron chi connectivity index (χ2n) is 6.09. The number of nitrogens with one attached hydrogen (secondary N) is 2. The van der Waals surface area contributed by atoms with Crippen LogP contribution in [0.5, 0.6) is 0 Å². The molecule has 6 heteroatoms. The molecule has 0 heterocycles. The van der Waals surface area contributed by atoms with E-state index in [1.165, 1.54) is 0 Å². The zero-order valence-corrected chi connectivity index (χ0v) is 13.6. The molecule has 1 aliphatic rings. The molecular formula is C16H22ClN3O2. The van der Waals surface area contributed by atoms with Gasteiger partial charge in [0.25, 0.3) is 5.91 Å². The number of rotatable bonds is 6. The van der Waals surface area contributed by atoms with E-state index in [9.17, 15) is 9.59 Å². The molecule has 0 saturated heterocycles. The highest BCUT2D eigenvalue weighted by Gasteiger charge is 2.42. The number of hydrogen-bond acceptors (Lipinski definition) is 3. The summed E-state index contributed by atoms with van der Waals surface area (Å²) in [4.78, 5) is 24.4. The van der Waals surface area contributed by atoms with Gasteiger partial charge in [-0.15, -0.1) is 0 Å².